The molecule has 3 rings (SSSR count). The van der Waals surface area contributed by atoms with Crippen molar-refractivity contribution < 1.29 is 9.90 Å². The number of rotatable bonds is 5. The molecule has 0 heterocycles. The Bertz CT molecular complexity index is 678. The van der Waals surface area contributed by atoms with Gasteiger partial charge in [-0.2, -0.15) is 0 Å². The van der Waals surface area contributed by atoms with E-state index in [9.17, 15) is 4.79 Å². The molecule has 120 valence electrons. The van der Waals surface area contributed by atoms with E-state index >= 15 is 0 Å². The molecule has 0 amide bonds. The van der Waals surface area contributed by atoms with Crippen LogP contribution in [0.1, 0.15) is 30.4 Å². The molecule has 0 saturated heterocycles. The van der Waals surface area contributed by atoms with Crippen LogP contribution in [0.3, 0.4) is 0 Å². The first-order chi connectivity index (χ1) is 11.1. The standard InChI is InChI=1S/C20H23NO2/c1-14-5-7-16(8-6-14)17-4-2-3-15(11-17)13-21-19-10-9-18(12-19)20(22)23/h2-8,11,18-19,21H,9-10,12-13H2,1H3,(H,22,23)/t18-,19+/m0/s1. The SMILES string of the molecule is Cc1ccc(-c2cccc(CN[C@@H]3CC[C@H](C(=O)O)C3)c2)cc1. The second-order valence-corrected chi connectivity index (χ2v) is 6.49. The molecule has 23 heavy (non-hydrogen) atoms. The Morgan fingerprint density at radius 2 is 1.91 bits per heavy atom. The third-order valence-electron chi connectivity index (χ3n) is 4.69. The van der Waals surface area contributed by atoms with Gasteiger partial charge in [0.2, 0.25) is 0 Å². The number of hydrogen-bond acceptors (Lipinski definition) is 2. The van der Waals surface area contributed by atoms with Gasteiger partial charge in [0.1, 0.15) is 0 Å². The van der Waals surface area contributed by atoms with E-state index in [0.29, 0.717) is 6.04 Å². The number of aryl methyl sites for hydroxylation is 1. The molecule has 2 atom stereocenters. The van der Waals surface area contributed by atoms with Crippen LogP contribution in [0.4, 0.5) is 0 Å². The third-order valence-corrected chi connectivity index (χ3v) is 4.69. The minimum absolute atomic E-state index is 0.175. The van der Waals surface area contributed by atoms with Crippen LogP contribution in [-0.4, -0.2) is 17.1 Å². The fraction of sp³-hybridized carbons (Fsp3) is 0.350. The van der Waals surface area contributed by atoms with Crippen molar-refractivity contribution in [2.75, 3.05) is 0 Å². The summed E-state index contributed by atoms with van der Waals surface area (Å²) in [5, 5.41) is 12.6. The van der Waals surface area contributed by atoms with E-state index in [0.717, 1.165) is 25.8 Å². The van der Waals surface area contributed by atoms with Crippen LogP contribution in [0.15, 0.2) is 48.5 Å². The maximum Gasteiger partial charge on any atom is 0.306 e. The van der Waals surface area contributed by atoms with Crippen molar-refractivity contribution in [2.45, 2.75) is 38.8 Å². The van der Waals surface area contributed by atoms with E-state index in [2.05, 4.69) is 60.8 Å². The number of aliphatic carboxylic acids is 1. The first kappa shape index (κ1) is 15.8. The predicted octanol–water partition coefficient (Wildman–Crippen LogP) is 4.00. The molecule has 0 spiro atoms. The van der Waals surface area contributed by atoms with E-state index in [1.807, 2.05) is 0 Å². The summed E-state index contributed by atoms with van der Waals surface area (Å²) in [5.74, 6) is -0.831. The van der Waals surface area contributed by atoms with Gasteiger partial charge in [0.15, 0.2) is 0 Å². The van der Waals surface area contributed by atoms with Crippen LogP contribution < -0.4 is 5.32 Å². The number of carboxylic acids is 1. The van der Waals surface area contributed by atoms with E-state index < -0.39 is 5.97 Å². The van der Waals surface area contributed by atoms with Crippen LogP contribution in [-0.2, 0) is 11.3 Å². The molecule has 3 nitrogen and oxygen atoms in total. The Hall–Kier alpha value is -2.13. The van der Waals surface area contributed by atoms with Crippen LogP contribution in [0.25, 0.3) is 11.1 Å². The van der Waals surface area contributed by atoms with Crippen molar-refractivity contribution in [1.82, 2.24) is 5.32 Å². The third kappa shape index (κ3) is 3.99. The van der Waals surface area contributed by atoms with E-state index in [4.69, 9.17) is 5.11 Å². The van der Waals surface area contributed by atoms with E-state index in [1.54, 1.807) is 0 Å². The summed E-state index contributed by atoms with van der Waals surface area (Å²) < 4.78 is 0. The summed E-state index contributed by atoms with van der Waals surface area (Å²) >= 11 is 0. The number of carboxylic acid groups (broad SMARTS) is 1. The molecule has 0 unspecified atom stereocenters. The maximum absolute atomic E-state index is 11.0. The van der Waals surface area contributed by atoms with Gasteiger partial charge in [-0.25, -0.2) is 0 Å². The molecule has 0 radical (unpaired) electrons. The van der Waals surface area contributed by atoms with Crippen LogP contribution in [0.2, 0.25) is 0 Å². The van der Waals surface area contributed by atoms with Crippen molar-refractivity contribution in [3.8, 4) is 11.1 Å². The second-order valence-electron chi connectivity index (χ2n) is 6.49. The van der Waals surface area contributed by atoms with Crippen LogP contribution >= 0.6 is 0 Å². The van der Waals surface area contributed by atoms with Crippen molar-refractivity contribution in [3.05, 3.63) is 59.7 Å². The summed E-state index contributed by atoms with van der Waals surface area (Å²) in [6.07, 6.45) is 2.48. The quantitative estimate of drug-likeness (QED) is 0.877. The zero-order valence-corrected chi connectivity index (χ0v) is 13.5. The summed E-state index contributed by atoms with van der Waals surface area (Å²) in [6.45, 7) is 2.88. The van der Waals surface area contributed by atoms with Crippen LogP contribution in [0, 0.1) is 12.8 Å². The zero-order chi connectivity index (χ0) is 16.2. The fourth-order valence-electron chi connectivity index (χ4n) is 3.26. The molecule has 2 aromatic carbocycles. The van der Waals surface area contributed by atoms with Gasteiger partial charge < -0.3 is 10.4 Å². The van der Waals surface area contributed by atoms with Crippen molar-refractivity contribution in [1.29, 1.82) is 0 Å². The van der Waals surface area contributed by atoms with Gasteiger partial charge in [-0.05, 0) is 48.9 Å². The number of hydrogen-bond donors (Lipinski definition) is 2. The lowest BCUT2D eigenvalue weighted by atomic mass is 10.0. The van der Waals surface area contributed by atoms with Gasteiger partial charge in [-0.15, -0.1) is 0 Å². The van der Waals surface area contributed by atoms with Gasteiger partial charge in [0.25, 0.3) is 0 Å². The Morgan fingerprint density at radius 1 is 1.13 bits per heavy atom. The summed E-state index contributed by atoms with van der Waals surface area (Å²) in [5.41, 5.74) is 4.95. The molecule has 1 aliphatic rings. The highest BCUT2D eigenvalue weighted by molar-refractivity contribution is 5.70. The van der Waals surface area contributed by atoms with Crippen LogP contribution in [0.5, 0.6) is 0 Å². The molecule has 1 aliphatic carbocycles. The molecular formula is C20H23NO2. The minimum atomic E-state index is -0.657. The highest BCUT2D eigenvalue weighted by atomic mass is 16.4. The molecule has 0 aliphatic heterocycles. The lowest BCUT2D eigenvalue weighted by Gasteiger charge is -2.13. The highest BCUT2D eigenvalue weighted by Gasteiger charge is 2.29. The Labute approximate surface area is 137 Å². The molecule has 2 aromatic rings. The van der Waals surface area contributed by atoms with E-state index in [-0.39, 0.29) is 5.92 Å². The summed E-state index contributed by atoms with van der Waals surface area (Å²) in [7, 11) is 0. The predicted molar refractivity (Wildman–Crippen MR) is 92.2 cm³/mol. The topological polar surface area (TPSA) is 49.3 Å². The fourth-order valence-corrected chi connectivity index (χ4v) is 3.26. The van der Waals surface area contributed by atoms with Crippen molar-refractivity contribution in [3.63, 3.8) is 0 Å². The van der Waals surface area contributed by atoms with Gasteiger partial charge >= 0.3 is 5.97 Å². The van der Waals surface area contributed by atoms with Gasteiger partial charge in [-0.1, -0.05) is 48.0 Å². The molecule has 1 saturated carbocycles. The Balaban J connectivity index is 1.62. The largest absolute Gasteiger partial charge is 0.481 e. The van der Waals surface area contributed by atoms with E-state index in [1.165, 1.54) is 22.3 Å². The second kappa shape index (κ2) is 6.97. The van der Waals surface area contributed by atoms with Crippen molar-refractivity contribution in [2.24, 2.45) is 5.92 Å². The molecule has 1 fully saturated rings. The smallest absolute Gasteiger partial charge is 0.306 e. The van der Waals surface area contributed by atoms with Gasteiger partial charge in [0.05, 0.1) is 5.92 Å². The lowest BCUT2D eigenvalue weighted by molar-refractivity contribution is -0.141. The van der Waals surface area contributed by atoms with Crippen molar-refractivity contribution >= 4 is 5.97 Å². The molecule has 3 heteroatoms. The Kier molecular flexibility index (Phi) is 4.77. The Morgan fingerprint density at radius 3 is 2.61 bits per heavy atom. The highest BCUT2D eigenvalue weighted by Crippen LogP contribution is 2.26. The molecule has 2 N–H and O–H groups in total. The number of benzene rings is 2. The minimum Gasteiger partial charge on any atom is -0.481 e. The molecular weight excluding hydrogens is 286 g/mol. The normalized spacial score (nSPS) is 20.6. The zero-order valence-electron chi connectivity index (χ0n) is 13.5. The average molecular weight is 309 g/mol. The lowest BCUT2D eigenvalue weighted by Crippen LogP contribution is -2.26. The number of nitrogens with one attached hydrogen (secondary N) is 1. The average Bonchev–Trinajstić information content (AvgIpc) is 3.03. The summed E-state index contributed by atoms with van der Waals surface area (Å²) in [6, 6.07) is 17.4. The summed E-state index contributed by atoms with van der Waals surface area (Å²) in [4.78, 5) is 11.0. The maximum atomic E-state index is 11.0. The number of carbonyl (C=O) groups is 1. The molecule has 0 bridgehead atoms. The monoisotopic (exact) mass is 309 g/mol. The first-order valence-electron chi connectivity index (χ1n) is 8.24. The van der Waals surface area contributed by atoms with Gasteiger partial charge in [0, 0.05) is 12.6 Å². The first-order valence-corrected chi connectivity index (χ1v) is 8.24. The van der Waals surface area contributed by atoms with Gasteiger partial charge in [-0.3, -0.25) is 4.79 Å². The molecule has 0 aromatic heterocycles.